The van der Waals surface area contributed by atoms with E-state index in [2.05, 4.69) is 13.8 Å². The second-order valence-corrected chi connectivity index (χ2v) is 13.0. The van der Waals surface area contributed by atoms with Gasteiger partial charge < -0.3 is 9.47 Å². The van der Waals surface area contributed by atoms with E-state index in [0.29, 0.717) is 24.3 Å². The van der Waals surface area contributed by atoms with Crippen LogP contribution in [-0.4, -0.2) is 12.7 Å². The highest BCUT2D eigenvalue weighted by Gasteiger charge is 2.50. The van der Waals surface area contributed by atoms with Gasteiger partial charge in [0.05, 0.1) is 12.5 Å². The Bertz CT molecular complexity index is 1230. The van der Waals surface area contributed by atoms with Crippen LogP contribution < -0.4 is 9.47 Å². The number of halogens is 6. The third kappa shape index (κ3) is 7.70. The third-order valence-electron chi connectivity index (χ3n) is 10.3. The summed E-state index contributed by atoms with van der Waals surface area (Å²) in [4.78, 5) is 0. The van der Waals surface area contributed by atoms with Crippen LogP contribution in [0, 0.1) is 58.8 Å². The Morgan fingerprint density at radius 3 is 1.75 bits per heavy atom. The Morgan fingerprint density at radius 2 is 1.18 bits per heavy atom. The van der Waals surface area contributed by atoms with E-state index in [1.54, 1.807) is 19.9 Å². The average molecular weight is 627 g/mol. The highest BCUT2D eigenvalue weighted by molar-refractivity contribution is 5.32. The van der Waals surface area contributed by atoms with E-state index in [9.17, 15) is 17.6 Å². The molecule has 0 N–H and O–H groups in total. The molecule has 0 radical (unpaired) electrons. The molecule has 2 aromatic rings. The lowest BCUT2D eigenvalue weighted by atomic mass is 9.59. The lowest BCUT2D eigenvalue weighted by Crippen LogP contribution is -2.44. The number of aryl methyl sites for hydroxylation is 2. The molecule has 4 rings (SSSR count). The van der Waals surface area contributed by atoms with Gasteiger partial charge in [0.2, 0.25) is 11.6 Å². The Balaban J connectivity index is 1.52. The first-order chi connectivity index (χ1) is 21.0. The van der Waals surface area contributed by atoms with Crippen molar-refractivity contribution in [2.45, 2.75) is 111 Å². The van der Waals surface area contributed by atoms with Gasteiger partial charge >= 0.3 is 6.11 Å². The van der Waals surface area contributed by atoms with Gasteiger partial charge in [0, 0.05) is 0 Å². The van der Waals surface area contributed by atoms with E-state index in [1.165, 1.54) is 12.1 Å². The number of hydrogen-bond donors (Lipinski definition) is 0. The summed E-state index contributed by atoms with van der Waals surface area (Å²) in [6, 6.07) is 5.42. The molecule has 2 fully saturated rings. The van der Waals surface area contributed by atoms with Crippen molar-refractivity contribution in [3.8, 4) is 11.5 Å². The second kappa shape index (κ2) is 15.3. The van der Waals surface area contributed by atoms with Crippen LogP contribution in [0.4, 0.5) is 26.3 Å². The highest BCUT2D eigenvalue weighted by atomic mass is 19.3. The molecule has 0 amide bonds. The molecule has 0 heterocycles. The molecule has 0 saturated heterocycles. The molecule has 0 aromatic heterocycles. The maximum Gasteiger partial charge on any atom is 0.400 e. The number of ether oxygens (including phenoxy) is 2. The van der Waals surface area contributed by atoms with Crippen LogP contribution in [-0.2, 0) is 12.8 Å². The molecular formula is C36H48F6O2. The van der Waals surface area contributed by atoms with Crippen molar-refractivity contribution in [1.29, 1.82) is 0 Å². The summed E-state index contributed by atoms with van der Waals surface area (Å²) in [5.41, 5.74) is 0.414. The molecule has 0 spiro atoms. The zero-order chi connectivity index (χ0) is 32.0. The van der Waals surface area contributed by atoms with Crippen LogP contribution in [0.1, 0.15) is 103 Å². The van der Waals surface area contributed by atoms with Crippen molar-refractivity contribution in [2.24, 2.45) is 35.5 Å². The molecule has 2 aliphatic rings. The van der Waals surface area contributed by atoms with Crippen LogP contribution in [0.3, 0.4) is 0 Å². The minimum Gasteiger partial charge on any atom is -0.490 e. The molecule has 44 heavy (non-hydrogen) atoms. The molecule has 246 valence electrons. The van der Waals surface area contributed by atoms with Crippen molar-refractivity contribution >= 4 is 0 Å². The van der Waals surface area contributed by atoms with E-state index in [0.717, 1.165) is 51.0 Å². The van der Waals surface area contributed by atoms with Gasteiger partial charge in [-0.15, -0.1) is 0 Å². The molecule has 2 nitrogen and oxygen atoms in total. The first kappa shape index (κ1) is 34.5. The van der Waals surface area contributed by atoms with E-state index >= 15 is 8.78 Å². The van der Waals surface area contributed by atoms with Crippen molar-refractivity contribution < 1.29 is 35.8 Å². The number of alkyl halides is 2. The molecule has 0 bridgehead atoms. The van der Waals surface area contributed by atoms with E-state index in [4.69, 9.17) is 9.47 Å². The molecule has 8 heteroatoms. The summed E-state index contributed by atoms with van der Waals surface area (Å²) < 4.78 is 100. The van der Waals surface area contributed by atoms with Gasteiger partial charge in [-0.3, -0.25) is 0 Å². The van der Waals surface area contributed by atoms with E-state index in [-0.39, 0.29) is 60.9 Å². The van der Waals surface area contributed by atoms with Gasteiger partial charge in [-0.05, 0) is 104 Å². The van der Waals surface area contributed by atoms with Gasteiger partial charge in [0.15, 0.2) is 23.1 Å². The van der Waals surface area contributed by atoms with Gasteiger partial charge in [-0.2, -0.15) is 17.6 Å². The van der Waals surface area contributed by atoms with Gasteiger partial charge in [0.1, 0.15) is 0 Å². The zero-order valence-electron chi connectivity index (χ0n) is 26.6. The summed E-state index contributed by atoms with van der Waals surface area (Å²) in [6.07, 6.45) is 4.54. The monoisotopic (exact) mass is 626 g/mol. The largest absolute Gasteiger partial charge is 0.490 e. The van der Waals surface area contributed by atoms with Gasteiger partial charge in [0.25, 0.3) is 0 Å². The van der Waals surface area contributed by atoms with Crippen LogP contribution in [0.25, 0.3) is 0 Å². The minimum absolute atomic E-state index is 0.0181. The van der Waals surface area contributed by atoms with E-state index < -0.39 is 41.0 Å². The smallest absolute Gasteiger partial charge is 0.400 e. The predicted octanol–water partition coefficient (Wildman–Crippen LogP) is 11.1. The quantitative estimate of drug-likeness (QED) is 0.206. The Hall–Kier alpha value is -2.38. The molecule has 6 unspecified atom stereocenters. The normalized spacial score (nSPS) is 26.0. The highest BCUT2D eigenvalue weighted by Crippen LogP contribution is 2.52. The minimum atomic E-state index is -3.65. The van der Waals surface area contributed by atoms with Crippen molar-refractivity contribution in [3.05, 3.63) is 58.7 Å². The summed E-state index contributed by atoms with van der Waals surface area (Å²) >= 11 is 0. The fraction of sp³-hybridized carbons (Fsp3) is 0.667. The number of hydrogen-bond acceptors (Lipinski definition) is 2. The number of benzene rings is 2. The second-order valence-electron chi connectivity index (χ2n) is 13.0. The molecule has 0 aliphatic heterocycles. The molecule has 2 saturated carbocycles. The van der Waals surface area contributed by atoms with Gasteiger partial charge in [-0.1, -0.05) is 65.5 Å². The van der Waals surface area contributed by atoms with Gasteiger partial charge in [-0.25, -0.2) is 8.78 Å². The fourth-order valence-corrected chi connectivity index (χ4v) is 7.91. The average Bonchev–Trinajstić information content (AvgIpc) is 3.01. The van der Waals surface area contributed by atoms with Crippen LogP contribution >= 0.6 is 0 Å². The lowest BCUT2D eigenvalue weighted by molar-refractivity contribution is -0.231. The van der Waals surface area contributed by atoms with Crippen LogP contribution in [0.2, 0.25) is 0 Å². The van der Waals surface area contributed by atoms with Crippen LogP contribution in [0.5, 0.6) is 11.5 Å². The third-order valence-corrected chi connectivity index (χ3v) is 10.3. The molecule has 6 atom stereocenters. The standard InChI is InChI=1S/C36H48F6O2/c1-5-9-25-12-11-22(21-43-30-17-14-23(7-3)32(37)34(30)39)19-28(25)29-20-27(16-13-26(29)10-6-2)36(41,42)44-31-18-15-24(8-4)33(38)35(31)40/h14-15,17-18,22,25-29H,5-13,16,19-21H2,1-4H3. The summed E-state index contributed by atoms with van der Waals surface area (Å²) in [5.74, 6) is -5.41. The molecular weight excluding hydrogens is 578 g/mol. The van der Waals surface area contributed by atoms with Crippen LogP contribution in [0.15, 0.2) is 24.3 Å². The zero-order valence-corrected chi connectivity index (χ0v) is 26.6. The Morgan fingerprint density at radius 1 is 0.659 bits per heavy atom. The number of rotatable bonds is 13. The topological polar surface area (TPSA) is 18.5 Å². The fourth-order valence-electron chi connectivity index (χ4n) is 7.91. The lowest BCUT2D eigenvalue weighted by Gasteiger charge is -2.48. The Labute approximate surface area is 258 Å². The van der Waals surface area contributed by atoms with Crippen molar-refractivity contribution in [3.63, 3.8) is 0 Å². The molecule has 2 aromatic carbocycles. The van der Waals surface area contributed by atoms with Crippen molar-refractivity contribution in [1.82, 2.24) is 0 Å². The maximum atomic E-state index is 15.7. The summed E-state index contributed by atoms with van der Waals surface area (Å²) in [5, 5.41) is 0. The van der Waals surface area contributed by atoms with E-state index in [1.807, 2.05) is 0 Å². The summed E-state index contributed by atoms with van der Waals surface area (Å²) in [6.45, 7) is 7.91. The first-order valence-electron chi connectivity index (χ1n) is 16.7. The molecule has 2 aliphatic carbocycles. The Kier molecular flexibility index (Phi) is 12.0. The maximum absolute atomic E-state index is 15.7. The summed E-state index contributed by atoms with van der Waals surface area (Å²) in [7, 11) is 0. The SMILES string of the molecule is CCCC1CCC(COc2ccc(CC)c(F)c2F)CC1C1CC(C(F)(F)Oc2ccc(CC)c(F)c2F)CCC1CCC. The van der Waals surface area contributed by atoms with Crippen molar-refractivity contribution in [2.75, 3.05) is 6.61 Å². The predicted molar refractivity (Wildman–Crippen MR) is 161 cm³/mol. The first-order valence-corrected chi connectivity index (χ1v) is 16.7.